The van der Waals surface area contributed by atoms with E-state index in [0.717, 1.165) is 18.9 Å². The minimum Gasteiger partial charge on any atom is -0.384 e. The van der Waals surface area contributed by atoms with Crippen molar-refractivity contribution in [1.82, 2.24) is 4.98 Å². The fourth-order valence-corrected chi connectivity index (χ4v) is 3.96. The molecule has 3 atom stereocenters. The zero-order valence-electron chi connectivity index (χ0n) is 12.0. The normalized spacial score (nSPS) is 36.1. The molecule has 5 heteroatoms. The lowest BCUT2D eigenvalue weighted by atomic mass is 9.83. The van der Waals surface area contributed by atoms with Crippen molar-refractivity contribution in [2.24, 2.45) is 17.1 Å². The van der Waals surface area contributed by atoms with Crippen LogP contribution in [-0.4, -0.2) is 29.6 Å². The van der Waals surface area contributed by atoms with Crippen molar-refractivity contribution in [2.75, 3.05) is 18.0 Å². The predicted octanol–water partition coefficient (Wildman–Crippen LogP) is 2.33. The highest BCUT2D eigenvalue weighted by Gasteiger charge is 2.54. The van der Waals surface area contributed by atoms with Crippen LogP contribution in [0.25, 0.3) is 0 Å². The van der Waals surface area contributed by atoms with Crippen molar-refractivity contribution in [3.63, 3.8) is 0 Å². The summed E-state index contributed by atoms with van der Waals surface area (Å²) in [6.07, 6.45) is 2.91. The van der Waals surface area contributed by atoms with Gasteiger partial charge in [0, 0.05) is 24.8 Å². The van der Waals surface area contributed by atoms with Crippen LogP contribution in [0, 0.1) is 16.7 Å². The Morgan fingerprint density at radius 1 is 1.50 bits per heavy atom. The Labute approximate surface area is 118 Å². The molecule has 0 amide bonds. The van der Waals surface area contributed by atoms with Crippen LogP contribution in [0.2, 0.25) is 0 Å². The molecule has 20 heavy (non-hydrogen) atoms. The third-order valence-corrected chi connectivity index (χ3v) is 4.81. The zero-order chi connectivity index (χ0) is 14.5. The minimum absolute atomic E-state index is 0.0301. The van der Waals surface area contributed by atoms with Crippen LogP contribution in [0.1, 0.15) is 32.3 Å². The molecule has 108 valence electrons. The Morgan fingerprint density at radius 2 is 2.25 bits per heavy atom. The highest BCUT2D eigenvalue weighted by atomic mass is 19.1. The summed E-state index contributed by atoms with van der Waals surface area (Å²) in [5, 5.41) is 7.38. The van der Waals surface area contributed by atoms with Crippen LogP contribution < -0.4 is 10.6 Å². The van der Waals surface area contributed by atoms with Crippen LogP contribution >= 0.6 is 0 Å². The van der Waals surface area contributed by atoms with Gasteiger partial charge in [0.2, 0.25) is 0 Å². The zero-order valence-corrected chi connectivity index (χ0v) is 12.0. The van der Waals surface area contributed by atoms with Crippen molar-refractivity contribution in [2.45, 2.75) is 32.4 Å². The molecule has 2 aliphatic rings. The number of rotatable bonds is 2. The minimum atomic E-state index is -1.02. The average molecular weight is 276 g/mol. The van der Waals surface area contributed by atoms with Gasteiger partial charge < -0.3 is 10.6 Å². The number of nitrogen functional groups attached to an aromatic ring is 1. The maximum atomic E-state index is 14.2. The summed E-state index contributed by atoms with van der Waals surface area (Å²) < 4.78 is 14.2. The van der Waals surface area contributed by atoms with Gasteiger partial charge in [0.05, 0.1) is 0 Å². The van der Waals surface area contributed by atoms with E-state index < -0.39 is 5.67 Å². The predicted molar refractivity (Wildman–Crippen MR) is 77.8 cm³/mol. The van der Waals surface area contributed by atoms with Gasteiger partial charge in [-0.05, 0) is 43.2 Å². The van der Waals surface area contributed by atoms with Gasteiger partial charge in [-0.15, -0.1) is 0 Å². The quantitative estimate of drug-likeness (QED) is 0.643. The summed E-state index contributed by atoms with van der Waals surface area (Å²) in [5.74, 6) is 1.32. The Morgan fingerprint density at radius 3 is 2.80 bits per heavy atom. The second-order valence-electron chi connectivity index (χ2n) is 6.84. The first-order valence-electron chi connectivity index (χ1n) is 7.03. The van der Waals surface area contributed by atoms with E-state index in [1.165, 1.54) is 0 Å². The molecular formula is C15H21FN4. The van der Waals surface area contributed by atoms with E-state index in [4.69, 9.17) is 11.1 Å². The number of aromatic nitrogens is 1. The number of nitrogens with zero attached hydrogens (tertiary/aromatic N) is 2. The van der Waals surface area contributed by atoms with Crippen LogP contribution in [-0.2, 0) is 0 Å². The summed E-state index contributed by atoms with van der Waals surface area (Å²) in [5.41, 5.74) is 5.10. The van der Waals surface area contributed by atoms with E-state index in [1.54, 1.807) is 13.1 Å². The van der Waals surface area contributed by atoms with Crippen molar-refractivity contribution < 1.29 is 4.39 Å². The smallest absolute Gasteiger partial charge is 0.128 e. The summed E-state index contributed by atoms with van der Waals surface area (Å²) >= 11 is 0. The third-order valence-electron chi connectivity index (χ3n) is 4.81. The SMILES string of the molecule is CC1(F)C[C@H]2CN(c3ccc(C(=N)N)cn3)CC2(C)C1. The van der Waals surface area contributed by atoms with Gasteiger partial charge in [0.15, 0.2) is 0 Å². The molecule has 2 unspecified atom stereocenters. The van der Waals surface area contributed by atoms with Gasteiger partial charge in [-0.25, -0.2) is 9.37 Å². The second-order valence-corrected chi connectivity index (χ2v) is 6.84. The molecule has 0 aromatic carbocycles. The summed E-state index contributed by atoms with van der Waals surface area (Å²) in [4.78, 5) is 6.61. The number of anilines is 1. The molecule has 1 aliphatic carbocycles. The standard InChI is InChI=1S/C15H21FN4/c1-14-8-15(2,16)5-11(14)7-20(9-14)12-4-3-10(6-19-12)13(17)18/h3-4,6,11H,5,7-9H2,1-2H3,(H3,17,18)/t11-,14?,15?/m0/s1. The largest absolute Gasteiger partial charge is 0.384 e. The Kier molecular flexibility index (Phi) is 2.78. The lowest BCUT2D eigenvalue weighted by Gasteiger charge is -2.25. The Balaban J connectivity index is 1.77. The van der Waals surface area contributed by atoms with E-state index in [9.17, 15) is 4.39 Å². The fraction of sp³-hybridized carbons (Fsp3) is 0.600. The first-order valence-corrected chi connectivity index (χ1v) is 7.03. The number of halogens is 1. The molecule has 1 aliphatic heterocycles. The molecule has 3 rings (SSSR count). The van der Waals surface area contributed by atoms with Gasteiger partial charge in [-0.1, -0.05) is 6.92 Å². The van der Waals surface area contributed by atoms with Crippen molar-refractivity contribution in [3.05, 3.63) is 23.9 Å². The first kappa shape index (κ1) is 13.3. The van der Waals surface area contributed by atoms with Gasteiger partial charge in [-0.2, -0.15) is 0 Å². The van der Waals surface area contributed by atoms with Gasteiger partial charge >= 0.3 is 0 Å². The number of amidine groups is 1. The maximum Gasteiger partial charge on any atom is 0.128 e. The van der Waals surface area contributed by atoms with Crippen LogP contribution in [0.15, 0.2) is 18.3 Å². The number of nitrogens with two attached hydrogens (primary N) is 1. The Hall–Kier alpha value is -1.65. The van der Waals surface area contributed by atoms with Gasteiger partial charge in [0.1, 0.15) is 17.3 Å². The molecule has 1 saturated carbocycles. The molecule has 2 fully saturated rings. The molecule has 1 aromatic heterocycles. The van der Waals surface area contributed by atoms with Gasteiger partial charge in [-0.3, -0.25) is 5.41 Å². The van der Waals surface area contributed by atoms with Crippen LogP contribution in [0.3, 0.4) is 0 Å². The first-order chi connectivity index (χ1) is 9.29. The highest BCUT2D eigenvalue weighted by molar-refractivity contribution is 5.94. The van der Waals surface area contributed by atoms with Crippen molar-refractivity contribution in [1.29, 1.82) is 5.41 Å². The van der Waals surface area contributed by atoms with E-state index >= 15 is 0 Å². The van der Waals surface area contributed by atoms with E-state index in [0.29, 0.717) is 24.3 Å². The summed E-state index contributed by atoms with van der Waals surface area (Å²) in [6, 6.07) is 3.72. The molecule has 0 radical (unpaired) electrons. The van der Waals surface area contributed by atoms with E-state index in [-0.39, 0.29) is 11.3 Å². The van der Waals surface area contributed by atoms with E-state index in [2.05, 4.69) is 16.8 Å². The van der Waals surface area contributed by atoms with Crippen molar-refractivity contribution in [3.8, 4) is 0 Å². The Bertz CT molecular complexity index is 539. The maximum absolute atomic E-state index is 14.2. The summed E-state index contributed by atoms with van der Waals surface area (Å²) in [7, 11) is 0. The topological polar surface area (TPSA) is 66.0 Å². The molecule has 4 nitrogen and oxygen atoms in total. The number of nitrogens with one attached hydrogen (secondary N) is 1. The van der Waals surface area contributed by atoms with Gasteiger partial charge in [0.25, 0.3) is 0 Å². The lowest BCUT2D eigenvalue weighted by Crippen LogP contribution is -2.28. The van der Waals surface area contributed by atoms with Crippen LogP contribution in [0.4, 0.5) is 10.2 Å². The monoisotopic (exact) mass is 276 g/mol. The third kappa shape index (κ3) is 2.15. The second kappa shape index (κ2) is 4.17. The molecule has 1 saturated heterocycles. The van der Waals surface area contributed by atoms with Crippen molar-refractivity contribution >= 4 is 11.7 Å². The van der Waals surface area contributed by atoms with E-state index in [1.807, 2.05) is 12.1 Å². The average Bonchev–Trinajstić information content (AvgIpc) is 2.75. The molecule has 0 spiro atoms. The van der Waals surface area contributed by atoms with Crippen LogP contribution in [0.5, 0.6) is 0 Å². The number of pyridine rings is 1. The molecule has 1 aromatic rings. The number of hydrogen-bond donors (Lipinski definition) is 2. The molecule has 3 N–H and O–H groups in total. The molecule has 2 heterocycles. The lowest BCUT2D eigenvalue weighted by molar-refractivity contribution is 0.175. The molecule has 0 bridgehead atoms. The number of fused-ring (bicyclic) bond motifs is 1. The number of hydrogen-bond acceptors (Lipinski definition) is 3. The fourth-order valence-electron chi connectivity index (χ4n) is 3.96. The highest BCUT2D eigenvalue weighted by Crippen LogP contribution is 2.54. The number of alkyl halides is 1. The molecular weight excluding hydrogens is 255 g/mol. The summed E-state index contributed by atoms with van der Waals surface area (Å²) in [6.45, 7) is 5.62.